The van der Waals surface area contributed by atoms with Gasteiger partial charge in [-0.1, -0.05) is 81.4 Å². The minimum absolute atomic E-state index is 0.0579. The van der Waals surface area contributed by atoms with Crippen LogP contribution in [0.2, 0.25) is 18.1 Å². The molecule has 1 aliphatic rings. The fourth-order valence-electron chi connectivity index (χ4n) is 3.52. The summed E-state index contributed by atoms with van der Waals surface area (Å²) in [6.45, 7) is 15.0. The van der Waals surface area contributed by atoms with Crippen molar-refractivity contribution in [2.45, 2.75) is 83.5 Å². The molecular formula is C26H38O4Si. The number of ether oxygens (including phenoxy) is 3. The highest BCUT2D eigenvalue weighted by Gasteiger charge is 2.46. The molecule has 0 radical (unpaired) electrons. The molecule has 1 saturated heterocycles. The molecule has 1 aliphatic heterocycles. The van der Waals surface area contributed by atoms with Gasteiger partial charge in [-0.25, -0.2) is 0 Å². The van der Waals surface area contributed by atoms with Gasteiger partial charge in [0.15, 0.2) is 8.32 Å². The van der Waals surface area contributed by atoms with Crippen molar-refractivity contribution >= 4 is 8.32 Å². The largest absolute Gasteiger partial charge is 0.414 e. The summed E-state index contributed by atoms with van der Waals surface area (Å²) in [5, 5.41) is 0.154. The lowest BCUT2D eigenvalue weighted by atomic mass is 10.1. The monoisotopic (exact) mass is 442 g/mol. The fraction of sp³-hybridized carbons (Fsp3) is 0.538. The SMILES string of the molecule is C[C@H]1O[C@@H](CO[Si](C)(C)C(C)(C)C)[C@@H](OCc2ccccc2)[C@@H]1OCc1ccccc1. The topological polar surface area (TPSA) is 36.9 Å². The normalized spacial score (nSPS) is 24.5. The van der Waals surface area contributed by atoms with Crippen LogP contribution in [-0.4, -0.2) is 39.3 Å². The minimum Gasteiger partial charge on any atom is -0.414 e. The zero-order valence-corrected chi connectivity index (χ0v) is 20.8. The van der Waals surface area contributed by atoms with Gasteiger partial charge in [-0.3, -0.25) is 0 Å². The summed E-state index contributed by atoms with van der Waals surface area (Å²) in [4.78, 5) is 0. The summed E-state index contributed by atoms with van der Waals surface area (Å²) in [5.41, 5.74) is 2.30. The van der Waals surface area contributed by atoms with Crippen LogP contribution < -0.4 is 0 Å². The van der Waals surface area contributed by atoms with Gasteiger partial charge in [0.05, 0.1) is 25.9 Å². The predicted octanol–water partition coefficient (Wildman–Crippen LogP) is 5.97. The highest BCUT2D eigenvalue weighted by molar-refractivity contribution is 6.74. The molecule has 0 bridgehead atoms. The molecule has 1 heterocycles. The lowest BCUT2D eigenvalue weighted by molar-refractivity contribution is -0.0820. The third-order valence-corrected chi connectivity index (χ3v) is 11.0. The standard InChI is InChI=1S/C26H38O4Si/c1-20-24(27-17-21-13-9-7-10-14-21)25(28-18-22-15-11-8-12-16-22)23(30-20)19-29-31(5,6)26(2,3)4/h7-16,20,23-25H,17-19H2,1-6H3/t20-,23+,24-,25-/m1/s1. The highest BCUT2D eigenvalue weighted by atomic mass is 28.4. The van der Waals surface area contributed by atoms with Crippen molar-refractivity contribution in [1.29, 1.82) is 0 Å². The van der Waals surface area contributed by atoms with E-state index in [4.69, 9.17) is 18.6 Å². The van der Waals surface area contributed by atoms with E-state index < -0.39 is 8.32 Å². The van der Waals surface area contributed by atoms with Crippen LogP contribution >= 0.6 is 0 Å². The summed E-state index contributed by atoms with van der Waals surface area (Å²) >= 11 is 0. The Hall–Kier alpha value is -1.50. The average Bonchev–Trinajstić information content (AvgIpc) is 3.04. The molecule has 5 heteroatoms. The van der Waals surface area contributed by atoms with E-state index in [0.29, 0.717) is 19.8 Å². The first-order valence-corrected chi connectivity index (χ1v) is 14.2. The number of hydrogen-bond donors (Lipinski definition) is 0. The molecule has 0 aliphatic carbocycles. The van der Waals surface area contributed by atoms with Gasteiger partial charge in [0.2, 0.25) is 0 Å². The summed E-state index contributed by atoms with van der Waals surface area (Å²) in [6, 6.07) is 20.5. The Morgan fingerprint density at radius 1 is 0.806 bits per heavy atom. The third-order valence-electron chi connectivity index (χ3n) is 6.53. The predicted molar refractivity (Wildman–Crippen MR) is 128 cm³/mol. The Labute approximate surface area is 189 Å². The quantitative estimate of drug-likeness (QED) is 0.449. The molecule has 0 amide bonds. The number of hydrogen-bond acceptors (Lipinski definition) is 4. The maximum atomic E-state index is 6.50. The van der Waals surface area contributed by atoms with Crippen LogP contribution in [0.5, 0.6) is 0 Å². The van der Waals surface area contributed by atoms with E-state index >= 15 is 0 Å². The Bertz CT molecular complexity index is 788. The molecule has 2 aromatic carbocycles. The van der Waals surface area contributed by atoms with E-state index in [1.165, 1.54) is 0 Å². The summed E-state index contributed by atoms with van der Waals surface area (Å²) in [6.07, 6.45) is -0.522. The first-order valence-electron chi connectivity index (χ1n) is 11.3. The summed E-state index contributed by atoms with van der Waals surface area (Å²) in [7, 11) is -1.88. The van der Waals surface area contributed by atoms with Crippen molar-refractivity contribution in [1.82, 2.24) is 0 Å². The van der Waals surface area contributed by atoms with Gasteiger partial charge in [0.25, 0.3) is 0 Å². The van der Waals surface area contributed by atoms with Crippen LogP contribution in [0, 0.1) is 0 Å². The maximum Gasteiger partial charge on any atom is 0.192 e. The smallest absolute Gasteiger partial charge is 0.192 e. The van der Waals surface area contributed by atoms with Crippen molar-refractivity contribution in [2.75, 3.05) is 6.61 Å². The molecule has 0 unspecified atom stereocenters. The molecule has 1 fully saturated rings. The summed E-state index contributed by atoms with van der Waals surface area (Å²) in [5.74, 6) is 0. The van der Waals surface area contributed by atoms with Crippen molar-refractivity contribution in [3.63, 3.8) is 0 Å². The summed E-state index contributed by atoms with van der Waals surface area (Å²) < 4.78 is 25.6. The van der Waals surface area contributed by atoms with Crippen LogP contribution in [0.1, 0.15) is 38.8 Å². The second kappa shape index (κ2) is 10.4. The van der Waals surface area contributed by atoms with Crippen LogP contribution in [0.15, 0.2) is 60.7 Å². The Morgan fingerprint density at radius 2 is 1.29 bits per heavy atom. The fourth-order valence-corrected chi connectivity index (χ4v) is 4.53. The van der Waals surface area contributed by atoms with E-state index in [2.05, 4.69) is 65.1 Å². The Balaban J connectivity index is 1.70. The van der Waals surface area contributed by atoms with Crippen molar-refractivity contribution < 1.29 is 18.6 Å². The molecule has 0 saturated carbocycles. The third kappa shape index (κ3) is 6.50. The van der Waals surface area contributed by atoms with E-state index in [1.54, 1.807) is 0 Å². The molecule has 0 aromatic heterocycles. The van der Waals surface area contributed by atoms with Gasteiger partial charge >= 0.3 is 0 Å². The number of benzene rings is 2. The second-order valence-electron chi connectivity index (χ2n) is 9.97. The molecule has 2 aromatic rings. The lowest BCUT2D eigenvalue weighted by Crippen LogP contribution is -2.45. The van der Waals surface area contributed by atoms with Crippen LogP contribution in [0.3, 0.4) is 0 Å². The van der Waals surface area contributed by atoms with Crippen LogP contribution in [-0.2, 0) is 31.9 Å². The minimum atomic E-state index is -1.88. The molecule has 0 spiro atoms. The lowest BCUT2D eigenvalue weighted by Gasteiger charge is -2.37. The van der Waals surface area contributed by atoms with E-state index in [9.17, 15) is 0 Å². The van der Waals surface area contributed by atoms with E-state index in [0.717, 1.165) is 11.1 Å². The highest BCUT2D eigenvalue weighted by Crippen LogP contribution is 2.37. The van der Waals surface area contributed by atoms with Gasteiger partial charge in [-0.2, -0.15) is 0 Å². The molecule has 0 N–H and O–H groups in total. The van der Waals surface area contributed by atoms with Crippen molar-refractivity contribution in [3.05, 3.63) is 71.8 Å². The zero-order valence-electron chi connectivity index (χ0n) is 19.8. The van der Waals surface area contributed by atoms with Crippen LogP contribution in [0.4, 0.5) is 0 Å². The van der Waals surface area contributed by atoms with Gasteiger partial charge in [-0.05, 0) is 36.2 Å². The second-order valence-corrected chi connectivity index (χ2v) is 14.8. The molecular weight excluding hydrogens is 404 g/mol. The van der Waals surface area contributed by atoms with E-state index in [1.807, 2.05) is 36.4 Å². The molecule has 31 heavy (non-hydrogen) atoms. The zero-order chi connectivity index (χ0) is 22.5. The van der Waals surface area contributed by atoms with Gasteiger partial charge in [0.1, 0.15) is 18.3 Å². The molecule has 3 rings (SSSR count). The maximum absolute atomic E-state index is 6.50. The van der Waals surface area contributed by atoms with Crippen molar-refractivity contribution in [2.24, 2.45) is 0 Å². The number of rotatable bonds is 9. The molecule has 4 nitrogen and oxygen atoms in total. The van der Waals surface area contributed by atoms with E-state index in [-0.39, 0.29) is 29.5 Å². The molecule has 170 valence electrons. The molecule has 4 atom stereocenters. The van der Waals surface area contributed by atoms with Gasteiger partial charge in [0, 0.05) is 0 Å². The Morgan fingerprint density at radius 3 is 1.77 bits per heavy atom. The van der Waals surface area contributed by atoms with Crippen LogP contribution in [0.25, 0.3) is 0 Å². The first-order chi connectivity index (χ1) is 14.7. The van der Waals surface area contributed by atoms with Gasteiger partial charge < -0.3 is 18.6 Å². The first kappa shape index (κ1) is 24.1. The average molecular weight is 443 g/mol. The van der Waals surface area contributed by atoms with Gasteiger partial charge in [-0.15, -0.1) is 0 Å². The van der Waals surface area contributed by atoms with Crippen molar-refractivity contribution in [3.8, 4) is 0 Å². The Kier molecular flexibility index (Phi) is 8.11.